The Hall–Kier alpha value is -2.47. The number of hydrogen-bond donors (Lipinski definition) is 0. The Morgan fingerprint density at radius 3 is 2.74 bits per heavy atom. The molecule has 0 bridgehead atoms. The molecule has 0 spiro atoms. The summed E-state index contributed by atoms with van der Waals surface area (Å²) in [5.41, 5.74) is 1.18. The van der Waals surface area contributed by atoms with Gasteiger partial charge >= 0.3 is 0 Å². The molecule has 0 saturated carbocycles. The van der Waals surface area contributed by atoms with E-state index in [-0.39, 0.29) is 24.2 Å². The lowest BCUT2D eigenvalue weighted by atomic mass is 10.0. The van der Waals surface area contributed by atoms with Crippen molar-refractivity contribution in [2.24, 2.45) is 7.05 Å². The molecule has 1 amide bonds. The summed E-state index contributed by atoms with van der Waals surface area (Å²) in [5, 5.41) is 4.04. The highest BCUT2D eigenvalue weighted by Crippen LogP contribution is 2.17. The van der Waals surface area contributed by atoms with Crippen molar-refractivity contribution < 1.29 is 14.3 Å². The largest absolute Gasteiger partial charge is 0.377 e. The number of aryl methyl sites for hydroxylation is 1. The average molecular weight is 313 g/mol. The molecule has 1 fully saturated rings. The Labute approximate surface area is 134 Å². The molecule has 1 aromatic heterocycles. The fourth-order valence-electron chi connectivity index (χ4n) is 2.78. The van der Waals surface area contributed by atoms with Gasteiger partial charge in [0.2, 0.25) is 0 Å². The molecule has 1 atom stereocenters. The van der Waals surface area contributed by atoms with Gasteiger partial charge in [-0.3, -0.25) is 14.3 Å². The monoisotopic (exact) mass is 313 g/mol. The highest BCUT2D eigenvalue weighted by Gasteiger charge is 2.31. The summed E-state index contributed by atoms with van der Waals surface area (Å²) >= 11 is 0. The number of benzene rings is 1. The Morgan fingerprint density at radius 1 is 1.26 bits per heavy atom. The van der Waals surface area contributed by atoms with E-state index >= 15 is 0 Å². The third-order valence-electron chi connectivity index (χ3n) is 4.05. The van der Waals surface area contributed by atoms with Crippen LogP contribution in [0.4, 0.5) is 0 Å². The molecule has 3 rings (SSSR count). The molecule has 6 nitrogen and oxygen atoms in total. The highest BCUT2D eigenvalue weighted by molar-refractivity contribution is 5.97. The van der Waals surface area contributed by atoms with E-state index in [1.807, 2.05) is 18.2 Å². The van der Waals surface area contributed by atoms with Crippen molar-refractivity contribution in [1.82, 2.24) is 14.7 Å². The number of aromatic nitrogens is 2. The molecule has 1 aliphatic heterocycles. The molecule has 120 valence electrons. The van der Waals surface area contributed by atoms with Crippen LogP contribution >= 0.6 is 0 Å². The number of ether oxygens (including phenoxy) is 1. The van der Waals surface area contributed by atoms with Crippen LogP contribution in [0.3, 0.4) is 0 Å². The summed E-state index contributed by atoms with van der Waals surface area (Å²) < 4.78 is 7.03. The van der Waals surface area contributed by atoms with Gasteiger partial charge in [-0.2, -0.15) is 5.10 Å². The van der Waals surface area contributed by atoms with Crippen LogP contribution in [-0.4, -0.2) is 52.2 Å². The zero-order valence-corrected chi connectivity index (χ0v) is 13.0. The number of rotatable bonds is 4. The van der Waals surface area contributed by atoms with Crippen molar-refractivity contribution >= 4 is 11.7 Å². The molecule has 1 aromatic carbocycles. The Balaban J connectivity index is 1.75. The van der Waals surface area contributed by atoms with Gasteiger partial charge in [-0.25, -0.2) is 0 Å². The fourth-order valence-corrected chi connectivity index (χ4v) is 2.78. The number of morpholine rings is 1. The first-order valence-corrected chi connectivity index (χ1v) is 7.62. The smallest absolute Gasteiger partial charge is 0.272 e. The summed E-state index contributed by atoms with van der Waals surface area (Å²) in [7, 11) is 1.73. The second-order valence-electron chi connectivity index (χ2n) is 5.56. The van der Waals surface area contributed by atoms with Crippen molar-refractivity contribution in [3.05, 3.63) is 53.9 Å². The van der Waals surface area contributed by atoms with Crippen LogP contribution < -0.4 is 0 Å². The predicted molar refractivity (Wildman–Crippen MR) is 84.2 cm³/mol. The van der Waals surface area contributed by atoms with Crippen LogP contribution in [0.5, 0.6) is 0 Å². The summed E-state index contributed by atoms with van der Waals surface area (Å²) in [6, 6.07) is 10.6. The van der Waals surface area contributed by atoms with E-state index in [1.54, 1.807) is 41.0 Å². The van der Waals surface area contributed by atoms with Crippen LogP contribution in [0.2, 0.25) is 0 Å². The fraction of sp³-hybridized carbons (Fsp3) is 0.353. The average Bonchev–Trinajstić information content (AvgIpc) is 3.01. The molecule has 0 unspecified atom stereocenters. The summed E-state index contributed by atoms with van der Waals surface area (Å²) in [6.45, 7) is 1.35. The van der Waals surface area contributed by atoms with Gasteiger partial charge in [0.1, 0.15) is 5.69 Å². The maximum atomic E-state index is 12.7. The van der Waals surface area contributed by atoms with Gasteiger partial charge in [0.25, 0.3) is 5.91 Å². The molecular formula is C17H19N3O3. The van der Waals surface area contributed by atoms with Crippen molar-refractivity contribution in [3.8, 4) is 0 Å². The van der Waals surface area contributed by atoms with Crippen molar-refractivity contribution in [2.75, 3.05) is 19.8 Å². The molecule has 0 radical (unpaired) electrons. The summed E-state index contributed by atoms with van der Waals surface area (Å²) in [4.78, 5) is 26.9. The third-order valence-corrected chi connectivity index (χ3v) is 4.05. The van der Waals surface area contributed by atoms with E-state index in [0.717, 1.165) is 0 Å². The Bertz CT molecular complexity index is 696. The van der Waals surface area contributed by atoms with E-state index in [4.69, 9.17) is 4.74 Å². The van der Waals surface area contributed by atoms with Gasteiger partial charge in [0.15, 0.2) is 5.78 Å². The predicted octanol–water partition coefficient (Wildman–Crippen LogP) is 1.53. The number of hydrogen-bond acceptors (Lipinski definition) is 4. The zero-order valence-electron chi connectivity index (χ0n) is 13.0. The van der Waals surface area contributed by atoms with Crippen molar-refractivity contribution in [2.45, 2.75) is 12.5 Å². The van der Waals surface area contributed by atoms with Crippen molar-refractivity contribution in [1.29, 1.82) is 0 Å². The van der Waals surface area contributed by atoms with E-state index < -0.39 is 0 Å². The second kappa shape index (κ2) is 6.75. The molecule has 0 aliphatic carbocycles. The second-order valence-corrected chi connectivity index (χ2v) is 5.56. The molecule has 23 heavy (non-hydrogen) atoms. The Kier molecular flexibility index (Phi) is 4.52. The van der Waals surface area contributed by atoms with Crippen LogP contribution in [0.1, 0.15) is 27.3 Å². The third kappa shape index (κ3) is 3.32. The van der Waals surface area contributed by atoms with E-state index in [2.05, 4.69) is 5.10 Å². The first-order valence-electron chi connectivity index (χ1n) is 7.62. The molecule has 6 heteroatoms. The minimum absolute atomic E-state index is 0.0175. The lowest BCUT2D eigenvalue weighted by Crippen LogP contribution is -2.50. The van der Waals surface area contributed by atoms with Gasteiger partial charge in [0, 0.05) is 31.8 Å². The van der Waals surface area contributed by atoms with Crippen LogP contribution in [-0.2, 0) is 11.8 Å². The number of ketones is 1. The normalized spacial score (nSPS) is 18.0. The van der Waals surface area contributed by atoms with Crippen LogP contribution in [0.15, 0.2) is 42.6 Å². The van der Waals surface area contributed by atoms with E-state index in [1.165, 1.54) is 0 Å². The minimum Gasteiger partial charge on any atom is -0.377 e. The molecule has 1 saturated heterocycles. The highest BCUT2D eigenvalue weighted by atomic mass is 16.5. The van der Waals surface area contributed by atoms with E-state index in [0.29, 0.717) is 31.0 Å². The first-order chi connectivity index (χ1) is 11.2. The Morgan fingerprint density at radius 2 is 2.04 bits per heavy atom. The molecule has 0 N–H and O–H groups in total. The number of carbonyl (C=O) groups excluding carboxylic acids is 2. The van der Waals surface area contributed by atoms with E-state index in [9.17, 15) is 9.59 Å². The van der Waals surface area contributed by atoms with Crippen molar-refractivity contribution in [3.63, 3.8) is 0 Å². The van der Waals surface area contributed by atoms with Gasteiger partial charge in [-0.1, -0.05) is 30.3 Å². The van der Waals surface area contributed by atoms with Gasteiger partial charge < -0.3 is 9.64 Å². The zero-order chi connectivity index (χ0) is 16.2. The topological polar surface area (TPSA) is 64.4 Å². The summed E-state index contributed by atoms with van der Waals surface area (Å²) in [6.07, 6.45) is 1.85. The maximum Gasteiger partial charge on any atom is 0.272 e. The lowest BCUT2D eigenvalue weighted by Gasteiger charge is -2.35. The standard InChI is InChI=1S/C17H19N3O3/c1-19-15(7-8-18-19)17(22)20-9-10-23-12-14(20)11-16(21)13-5-3-2-4-6-13/h2-8,14H,9-12H2,1H3/t14-/m0/s1. The molecule has 2 heterocycles. The molecule has 1 aliphatic rings. The maximum absolute atomic E-state index is 12.7. The van der Waals surface area contributed by atoms with Crippen LogP contribution in [0, 0.1) is 0 Å². The minimum atomic E-state index is -0.251. The molecule has 2 aromatic rings. The number of nitrogens with zero attached hydrogens (tertiary/aromatic N) is 3. The van der Waals surface area contributed by atoms with Gasteiger partial charge in [-0.05, 0) is 6.07 Å². The number of Topliss-reactive ketones (excluding diaryl/α,β-unsaturated/α-hetero) is 1. The molecular weight excluding hydrogens is 294 g/mol. The first kappa shape index (κ1) is 15.4. The quantitative estimate of drug-likeness (QED) is 0.803. The van der Waals surface area contributed by atoms with Gasteiger partial charge in [-0.15, -0.1) is 0 Å². The summed E-state index contributed by atoms with van der Waals surface area (Å²) in [5.74, 6) is -0.0944. The number of amides is 1. The van der Waals surface area contributed by atoms with Crippen LogP contribution in [0.25, 0.3) is 0 Å². The number of carbonyl (C=O) groups is 2. The SMILES string of the molecule is Cn1nccc1C(=O)N1CCOC[C@@H]1CC(=O)c1ccccc1. The van der Waals surface area contributed by atoms with Gasteiger partial charge in [0.05, 0.1) is 19.3 Å². The lowest BCUT2D eigenvalue weighted by molar-refractivity contribution is -0.00334.